The van der Waals surface area contributed by atoms with E-state index in [-0.39, 0.29) is 19.0 Å². The first-order valence-corrected chi connectivity index (χ1v) is 15.4. The molecule has 1 aliphatic rings. The van der Waals surface area contributed by atoms with E-state index in [1.54, 1.807) is 40.8 Å². The lowest BCUT2D eigenvalue weighted by molar-refractivity contribution is 0.0220. The Balaban J connectivity index is 1.27. The maximum Gasteiger partial charge on any atom is 0.410 e. The molecule has 1 aliphatic heterocycles. The molecule has 5 aromatic rings. The van der Waals surface area contributed by atoms with Gasteiger partial charge in [-0.05, 0) is 68.7 Å². The second kappa shape index (κ2) is 12.2. The number of amides is 2. The van der Waals surface area contributed by atoms with Crippen molar-refractivity contribution < 1.29 is 23.8 Å². The Morgan fingerprint density at radius 2 is 1.85 bits per heavy atom. The fourth-order valence-corrected chi connectivity index (χ4v) is 6.04. The van der Waals surface area contributed by atoms with Gasteiger partial charge in [0.05, 0.1) is 35.1 Å². The van der Waals surface area contributed by atoms with Gasteiger partial charge in [0.15, 0.2) is 11.4 Å². The number of halogens is 1. The number of carbonyl (C=O) groups excluding carboxylic acids is 2. The van der Waals surface area contributed by atoms with E-state index >= 15 is 0 Å². The Labute approximate surface area is 276 Å². The van der Waals surface area contributed by atoms with Gasteiger partial charge in [-0.2, -0.15) is 5.26 Å². The average molecular weight is 653 g/mol. The fraction of sp³-hybridized carbons (Fsp3) is 0.286. The summed E-state index contributed by atoms with van der Waals surface area (Å²) in [6.07, 6.45) is 0.124. The Morgan fingerprint density at radius 1 is 1.13 bits per heavy atom. The summed E-state index contributed by atoms with van der Waals surface area (Å²) in [6, 6.07) is 16.4. The fourth-order valence-electron chi connectivity index (χ4n) is 5.77. The number of nitriles is 1. The molecule has 11 nitrogen and oxygen atoms in total. The molecular weight excluding hydrogens is 620 g/mol. The van der Waals surface area contributed by atoms with Gasteiger partial charge in [0.2, 0.25) is 5.89 Å². The molecule has 2 N–H and O–H groups in total. The number of fused-ring (bicyclic) bond motifs is 2. The second-order valence-corrected chi connectivity index (χ2v) is 12.8. The highest BCUT2D eigenvalue weighted by molar-refractivity contribution is 6.36. The van der Waals surface area contributed by atoms with E-state index in [2.05, 4.69) is 21.4 Å². The average Bonchev–Trinajstić information content (AvgIpc) is 3.61. The zero-order valence-electron chi connectivity index (χ0n) is 26.6. The number of oxazole rings is 1. The van der Waals surface area contributed by atoms with Crippen molar-refractivity contribution >= 4 is 40.4 Å². The first-order valence-electron chi connectivity index (χ1n) is 15.1. The summed E-state index contributed by atoms with van der Waals surface area (Å²) in [7, 11) is 1.78. The van der Waals surface area contributed by atoms with Crippen LogP contribution in [0.1, 0.15) is 59.5 Å². The van der Waals surface area contributed by atoms with E-state index in [1.165, 1.54) is 0 Å². The number of nitrogens with zero attached hydrogens (tertiary/aromatic N) is 5. The third kappa shape index (κ3) is 6.05. The van der Waals surface area contributed by atoms with E-state index in [0.717, 1.165) is 16.8 Å². The van der Waals surface area contributed by atoms with Crippen molar-refractivity contribution in [2.45, 2.75) is 52.9 Å². The molecule has 0 spiro atoms. The molecule has 0 fully saturated rings. The van der Waals surface area contributed by atoms with Gasteiger partial charge < -0.3 is 29.0 Å². The Morgan fingerprint density at radius 3 is 2.57 bits per heavy atom. The monoisotopic (exact) mass is 652 g/mol. The zero-order chi connectivity index (χ0) is 33.6. The molecular formula is C35H33ClN6O5. The molecule has 0 saturated heterocycles. The number of aliphatic hydroxyl groups is 1. The van der Waals surface area contributed by atoms with Crippen molar-refractivity contribution in [2.24, 2.45) is 7.05 Å². The Hall–Kier alpha value is -5.18. The van der Waals surface area contributed by atoms with Gasteiger partial charge in [-0.25, -0.2) is 14.8 Å². The highest BCUT2D eigenvalue weighted by Crippen LogP contribution is 2.39. The van der Waals surface area contributed by atoms with Crippen LogP contribution in [0.4, 0.5) is 10.5 Å². The van der Waals surface area contributed by atoms with Crippen LogP contribution in [0.2, 0.25) is 5.02 Å². The molecule has 0 unspecified atom stereocenters. The van der Waals surface area contributed by atoms with Crippen LogP contribution >= 0.6 is 11.6 Å². The van der Waals surface area contributed by atoms with E-state index in [0.29, 0.717) is 68.6 Å². The lowest BCUT2D eigenvalue weighted by Gasteiger charge is -2.29. The van der Waals surface area contributed by atoms with Crippen LogP contribution in [0.15, 0.2) is 52.9 Å². The quantitative estimate of drug-likeness (QED) is 0.212. The number of aromatic nitrogens is 3. The summed E-state index contributed by atoms with van der Waals surface area (Å²) in [6.45, 7) is 7.87. The molecule has 0 radical (unpaired) electrons. The predicted octanol–water partition coefficient (Wildman–Crippen LogP) is 6.77. The summed E-state index contributed by atoms with van der Waals surface area (Å²) in [5, 5.41) is 22.5. The molecule has 47 heavy (non-hydrogen) atoms. The molecule has 2 aromatic heterocycles. The summed E-state index contributed by atoms with van der Waals surface area (Å²) in [5.74, 6) is 0.102. The number of ether oxygens (including phenoxy) is 1. The van der Waals surface area contributed by atoms with Gasteiger partial charge in [-0.3, -0.25) is 4.79 Å². The predicted molar refractivity (Wildman–Crippen MR) is 177 cm³/mol. The molecule has 2 amide bonds. The van der Waals surface area contributed by atoms with Gasteiger partial charge in [0, 0.05) is 36.8 Å². The maximum atomic E-state index is 13.5. The normalized spacial score (nSPS) is 12.9. The minimum absolute atomic E-state index is 0.206. The summed E-state index contributed by atoms with van der Waals surface area (Å²) >= 11 is 6.93. The molecule has 0 atom stereocenters. The van der Waals surface area contributed by atoms with Crippen molar-refractivity contribution in [3.63, 3.8) is 0 Å². The molecule has 0 bridgehead atoms. The largest absolute Gasteiger partial charge is 0.444 e. The molecule has 0 saturated carbocycles. The minimum Gasteiger partial charge on any atom is -0.444 e. The highest BCUT2D eigenvalue weighted by Gasteiger charge is 2.30. The van der Waals surface area contributed by atoms with Gasteiger partial charge in [0.1, 0.15) is 17.2 Å². The van der Waals surface area contributed by atoms with Gasteiger partial charge in [-0.1, -0.05) is 35.9 Å². The summed E-state index contributed by atoms with van der Waals surface area (Å²) < 4.78 is 13.3. The number of anilines is 1. The topological polar surface area (TPSA) is 147 Å². The maximum absolute atomic E-state index is 13.5. The SMILES string of the molecule is Cc1c(-c2nc3cc(CO)cc(C#N)c3o2)cccc1-c1cccc(NC(=O)c2nc3c(n2C)CCN(C(=O)OC(C)(C)C)C3)c1Cl. The number of aliphatic hydroxyl groups excluding tert-OH is 1. The van der Waals surface area contributed by atoms with Crippen LogP contribution in [0.3, 0.4) is 0 Å². The Bertz CT molecular complexity index is 2100. The van der Waals surface area contributed by atoms with Crippen LogP contribution in [0, 0.1) is 18.3 Å². The molecule has 240 valence electrons. The summed E-state index contributed by atoms with van der Waals surface area (Å²) in [5.41, 5.74) is 6.04. The second-order valence-electron chi connectivity index (χ2n) is 12.4. The molecule has 3 heterocycles. The lowest BCUT2D eigenvalue weighted by Crippen LogP contribution is -2.40. The molecule has 0 aliphatic carbocycles. The number of carbonyl (C=O) groups is 2. The molecule has 12 heteroatoms. The van der Waals surface area contributed by atoms with Crippen molar-refractivity contribution in [2.75, 3.05) is 11.9 Å². The van der Waals surface area contributed by atoms with Crippen LogP contribution in [0.25, 0.3) is 33.7 Å². The van der Waals surface area contributed by atoms with Crippen LogP contribution in [0.5, 0.6) is 0 Å². The first kappa shape index (κ1) is 31.8. The first-order chi connectivity index (χ1) is 22.4. The number of hydrogen-bond donors (Lipinski definition) is 2. The summed E-state index contributed by atoms with van der Waals surface area (Å²) in [4.78, 5) is 37.0. The minimum atomic E-state index is -0.613. The highest BCUT2D eigenvalue weighted by atomic mass is 35.5. The van der Waals surface area contributed by atoms with Crippen LogP contribution in [-0.2, 0) is 31.4 Å². The van der Waals surface area contributed by atoms with Crippen molar-refractivity contribution in [3.05, 3.63) is 87.5 Å². The van der Waals surface area contributed by atoms with Crippen molar-refractivity contribution in [1.82, 2.24) is 19.4 Å². The van der Waals surface area contributed by atoms with Gasteiger partial charge in [-0.15, -0.1) is 0 Å². The Kier molecular flexibility index (Phi) is 8.26. The van der Waals surface area contributed by atoms with Crippen molar-refractivity contribution in [3.8, 4) is 28.7 Å². The van der Waals surface area contributed by atoms with E-state index in [9.17, 15) is 20.0 Å². The number of hydrogen-bond acceptors (Lipinski definition) is 8. The number of imidazole rings is 1. The van der Waals surface area contributed by atoms with Gasteiger partial charge >= 0.3 is 6.09 Å². The van der Waals surface area contributed by atoms with E-state index in [1.807, 2.05) is 52.0 Å². The third-order valence-electron chi connectivity index (χ3n) is 8.06. The number of benzene rings is 3. The lowest BCUT2D eigenvalue weighted by atomic mass is 9.96. The zero-order valence-corrected chi connectivity index (χ0v) is 27.4. The van der Waals surface area contributed by atoms with E-state index in [4.69, 9.17) is 20.8 Å². The molecule has 6 rings (SSSR count). The van der Waals surface area contributed by atoms with Crippen LogP contribution < -0.4 is 5.32 Å². The smallest absolute Gasteiger partial charge is 0.410 e. The van der Waals surface area contributed by atoms with Crippen molar-refractivity contribution in [1.29, 1.82) is 5.26 Å². The van der Waals surface area contributed by atoms with E-state index < -0.39 is 17.6 Å². The van der Waals surface area contributed by atoms with Gasteiger partial charge in [0.25, 0.3) is 5.91 Å². The number of rotatable bonds is 5. The number of nitrogens with one attached hydrogen (secondary N) is 1. The standard InChI is InChI=1S/C35H33ClN6O5/c1-19-22(8-6-9-23(19)33-40-26-15-20(18-43)14-21(16-37)30(26)46-33)24-10-7-11-25(29(24)36)39-32(44)31-38-27-17-42(13-12-28(27)41(31)5)34(45)47-35(2,3)4/h6-11,14-15,43H,12-13,17-18H2,1-5H3,(H,39,44). The molecule has 3 aromatic carbocycles. The van der Waals surface area contributed by atoms with Crippen LogP contribution in [-0.4, -0.2) is 48.7 Å². The third-order valence-corrected chi connectivity index (χ3v) is 8.47.